The topological polar surface area (TPSA) is 42.2 Å². The molecule has 4 heteroatoms. The van der Waals surface area contributed by atoms with Crippen LogP contribution in [0.2, 0.25) is 0 Å². The lowest BCUT2D eigenvalue weighted by Gasteiger charge is -2.13. The van der Waals surface area contributed by atoms with E-state index in [0.717, 1.165) is 5.56 Å². The summed E-state index contributed by atoms with van der Waals surface area (Å²) in [6.07, 6.45) is 1.49. The van der Waals surface area contributed by atoms with Crippen molar-refractivity contribution in [3.05, 3.63) is 57.6 Å². The first-order chi connectivity index (χ1) is 8.16. The molecule has 0 spiro atoms. The Morgan fingerprint density at radius 2 is 2.00 bits per heavy atom. The zero-order chi connectivity index (χ0) is 12.3. The van der Waals surface area contributed by atoms with Gasteiger partial charge in [-0.3, -0.25) is 4.79 Å². The Morgan fingerprint density at radius 3 is 2.59 bits per heavy atom. The molecule has 0 aliphatic rings. The molecule has 1 N–H and O–H groups in total. The van der Waals surface area contributed by atoms with Gasteiger partial charge in [0, 0.05) is 3.57 Å². The van der Waals surface area contributed by atoms with Crippen LogP contribution in [0.4, 0.5) is 0 Å². The molecule has 1 amide bonds. The Hall–Kier alpha value is -1.30. The monoisotopic (exact) mass is 341 g/mol. The van der Waals surface area contributed by atoms with Gasteiger partial charge in [0.2, 0.25) is 0 Å². The van der Waals surface area contributed by atoms with E-state index < -0.39 is 0 Å². The highest BCUT2D eigenvalue weighted by molar-refractivity contribution is 14.1. The molecule has 1 unspecified atom stereocenters. The van der Waals surface area contributed by atoms with Crippen LogP contribution in [0.25, 0.3) is 0 Å². The van der Waals surface area contributed by atoms with Crippen molar-refractivity contribution in [2.75, 3.05) is 0 Å². The normalized spacial score (nSPS) is 12.1. The minimum Gasteiger partial charge on any atom is -0.459 e. The van der Waals surface area contributed by atoms with Gasteiger partial charge in [-0.25, -0.2) is 0 Å². The fourth-order valence-electron chi connectivity index (χ4n) is 1.51. The molecule has 0 aliphatic carbocycles. The lowest BCUT2D eigenvalue weighted by atomic mass is 10.1. The molecule has 0 fully saturated rings. The number of halogens is 1. The summed E-state index contributed by atoms with van der Waals surface area (Å²) < 4.78 is 6.21. The highest BCUT2D eigenvalue weighted by atomic mass is 127. The number of hydrogen-bond donors (Lipinski definition) is 1. The quantitative estimate of drug-likeness (QED) is 0.870. The van der Waals surface area contributed by atoms with Crippen molar-refractivity contribution in [1.82, 2.24) is 5.32 Å². The number of benzene rings is 1. The van der Waals surface area contributed by atoms with E-state index in [1.54, 1.807) is 12.1 Å². The molecule has 1 atom stereocenters. The minimum absolute atomic E-state index is 0.0374. The highest BCUT2D eigenvalue weighted by Crippen LogP contribution is 2.15. The molecule has 0 radical (unpaired) electrons. The molecular formula is C13H12INO2. The Labute approximate surface area is 113 Å². The Kier molecular flexibility index (Phi) is 3.83. The second-order valence-corrected chi connectivity index (χ2v) is 4.97. The van der Waals surface area contributed by atoms with Crippen molar-refractivity contribution >= 4 is 28.5 Å². The summed E-state index contributed by atoms with van der Waals surface area (Å²) in [5.41, 5.74) is 1.07. The highest BCUT2D eigenvalue weighted by Gasteiger charge is 2.12. The summed E-state index contributed by atoms with van der Waals surface area (Å²) in [4.78, 5) is 11.8. The maximum Gasteiger partial charge on any atom is 0.287 e. The van der Waals surface area contributed by atoms with Gasteiger partial charge in [-0.05, 0) is 59.3 Å². The van der Waals surface area contributed by atoms with Crippen LogP contribution in [0.1, 0.15) is 29.1 Å². The van der Waals surface area contributed by atoms with Crippen molar-refractivity contribution in [3.8, 4) is 0 Å². The standard InChI is InChI=1S/C13H12INO2/c1-9(10-4-6-11(14)7-5-10)15-13(16)12-3-2-8-17-12/h2-9H,1H3,(H,15,16). The zero-order valence-electron chi connectivity index (χ0n) is 9.31. The van der Waals surface area contributed by atoms with Crippen LogP contribution in [0.15, 0.2) is 47.1 Å². The summed E-state index contributed by atoms with van der Waals surface area (Å²) in [6, 6.07) is 11.4. The van der Waals surface area contributed by atoms with Crippen LogP contribution in [0, 0.1) is 3.57 Å². The van der Waals surface area contributed by atoms with Crippen LogP contribution in [-0.4, -0.2) is 5.91 Å². The van der Waals surface area contributed by atoms with Gasteiger partial charge in [0.1, 0.15) is 0 Å². The molecule has 1 heterocycles. The smallest absolute Gasteiger partial charge is 0.287 e. The molecule has 0 saturated heterocycles. The van der Waals surface area contributed by atoms with Crippen LogP contribution >= 0.6 is 22.6 Å². The average Bonchev–Trinajstić information content (AvgIpc) is 2.83. The van der Waals surface area contributed by atoms with Crippen molar-refractivity contribution in [2.24, 2.45) is 0 Å². The van der Waals surface area contributed by atoms with E-state index in [0.29, 0.717) is 5.76 Å². The van der Waals surface area contributed by atoms with Gasteiger partial charge in [0.05, 0.1) is 12.3 Å². The lowest BCUT2D eigenvalue weighted by Crippen LogP contribution is -2.26. The minimum atomic E-state index is -0.193. The van der Waals surface area contributed by atoms with Crippen LogP contribution in [0.3, 0.4) is 0 Å². The molecule has 3 nitrogen and oxygen atoms in total. The molecule has 0 bridgehead atoms. The van der Waals surface area contributed by atoms with E-state index in [1.165, 1.54) is 9.83 Å². The van der Waals surface area contributed by atoms with Gasteiger partial charge < -0.3 is 9.73 Å². The predicted octanol–water partition coefficient (Wildman–Crippen LogP) is 3.38. The van der Waals surface area contributed by atoms with E-state index in [2.05, 4.69) is 27.9 Å². The first-order valence-corrected chi connectivity index (χ1v) is 6.34. The number of nitrogens with one attached hydrogen (secondary N) is 1. The largest absolute Gasteiger partial charge is 0.459 e. The Balaban J connectivity index is 2.04. The van der Waals surface area contributed by atoms with Gasteiger partial charge in [-0.15, -0.1) is 0 Å². The summed E-state index contributed by atoms with van der Waals surface area (Å²) in [5, 5.41) is 2.88. The van der Waals surface area contributed by atoms with Gasteiger partial charge in [-0.2, -0.15) is 0 Å². The van der Waals surface area contributed by atoms with Crippen molar-refractivity contribution in [3.63, 3.8) is 0 Å². The Morgan fingerprint density at radius 1 is 1.29 bits per heavy atom. The third-order valence-corrected chi connectivity index (χ3v) is 3.18. The van der Waals surface area contributed by atoms with E-state index >= 15 is 0 Å². The maximum atomic E-state index is 11.8. The number of rotatable bonds is 3. The average molecular weight is 341 g/mol. The molecule has 1 aromatic carbocycles. The SMILES string of the molecule is CC(NC(=O)c1ccco1)c1ccc(I)cc1. The second-order valence-electron chi connectivity index (χ2n) is 3.72. The molecule has 88 valence electrons. The number of amides is 1. The third-order valence-electron chi connectivity index (χ3n) is 2.46. The van der Waals surface area contributed by atoms with Crippen molar-refractivity contribution in [1.29, 1.82) is 0 Å². The predicted molar refractivity (Wildman–Crippen MR) is 73.7 cm³/mol. The van der Waals surface area contributed by atoms with Gasteiger partial charge in [0.25, 0.3) is 5.91 Å². The van der Waals surface area contributed by atoms with E-state index in [1.807, 2.05) is 31.2 Å². The van der Waals surface area contributed by atoms with E-state index in [4.69, 9.17) is 4.42 Å². The van der Waals surface area contributed by atoms with Gasteiger partial charge >= 0.3 is 0 Å². The Bertz CT molecular complexity index is 491. The van der Waals surface area contributed by atoms with Crippen molar-refractivity contribution < 1.29 is 9.21 Å². The van der Waals surface area contributed by atoms with E-state index in [-0.39, 0.29) is 11.9 Å². The molecule has 0 saturated carbocycles. The summed E-state index contributed by atoms with van der Waals surface area (Å²) >= 11 is 2.25. The number of furan rings is 1. The van der Waals surface area contributed by atoms with Crippen molar-refractivity contribution in [2.45, 2.75) is 13.0 Å². The number of carbonyl (C=O) groups excluding carboxylic acids is 1. The molecular weight excluding hydrogens is 329 g/mol. The first-order valence-electron chi connectivity index (χ1n) is 5.26. The summed E-state index contributed by atoms with van der Waals surface area (Å²) in [6.45, 7) is 1.95. The fraction of sp³-hybridized carbons (Fsp3) is 0.154. The lowest BCUT2D eigenvalue weighted by molar-refractivity contribution is 0.0912. The molecule has 1 aromatic heterocycles. The third kappa shape index (κ3) is 3.09. The number of carbonyl (C=O) groups is 1. The maximum absolute atomic E-state index is 11.8. The summed E-state index contributed by atoms with van der Waals surface area (Å²) in [7, 11) is 0. The number of hydrogen-bond acceptors (Lipinski definition) is 2. The molecule has 17 heavy (non-hydrogen) atoms. The summed E-state index contributed by atoms with van der Waals surface area (Å²) in [5.74, 6) is 0.142. The van der Waals surface area contributed by atoms with Crippen LogP contribution in [0.5, 0.6) is 0 Å². The second kappa shape index (κ2) is 5.35. The van der Waals surface area contributed by atoms with Crippen LogP contribution in [-0.2, 0) is 0 Å². The van der Waals surface area contributed by atoms with Gasteiger partial charge in [0.15, 0.2) is 5.76 Å². The molecule has 2 aromatic rings. The zero-order valence-corrected chi connectivity index (χ0v) is 11.5. The first kappa shape index (κ1) is 12.2. The fourth-order valence-corrected chi connectivity index (χ4v) is 1.87. The van der Waals surface area contributed by atoms with E-state index in [9.17, 15) is 4.79 Å². The molecule has 2 rings (SSSR count). The van der Waals surface area contributed by atoms with Crippen LogP contribution < -0.4 is 5.32 Å². The molecule has 0 aliphatic heterocycles. The van der Waals surface area contributed by atoms with Gasteiger partial charge in [-0.1, -0.05) is 12.1 Å².